The topological polar surface area (TPSA) is 45.7 Å². The summed E-state index contributed by atoms with van der Waals surface area (Å²) in [5.74, 6) is 1.70. The first kappa shape index (κ1) is 23.5. The van der Waals surface area contributed by atoms with Crippen LogP contribution in [0.25, 0.3) is 10.2 Å². The maximum atomic E-state index is 13.3. The van der Waals surface area contributed by atoms with Crippen LogP contribution in [0, 0.1) is 0 Å². The Morgan fingerprint density at radius 1 is 1.14 bits per heavy atom. The summed E-state index contributed by atoms with van der Waals surface area (Å²) in [5.41, 5.74) is 1.47. The molecule has 0 spiro atoms. The fourth-order valence-corrected chi connectivity index (χ4v) is 4.46. The van der Waals surface area contributed by atoms with Crippen LogP contribution in [0.1, 0.15) is 17.3 Å². The third kappa shape index (κ3) is 5.63. The predicted octanol–water partition coefficient (Wildman–Crippen LogP) is 5.05. The van der Waals surface area contributed by atoms with E-state index in [4.69, 9.17) is 9.72 Å². The molecule has 0 aliphatic carbocycles. The lowest BCUT2D eigenvalue weighted by atomic mass is 10.2. The number of halogens is 1. The van der Waals surface area contributed by atoms with Gasteiger partial charge >= 0.3 is 0 Å². The van der Waals surface area contributed by atoms with Gasteiger partial charge in [0.05, 0.1) is 11.8 Å². The number of aromatic nitrogens is 1. The van der Waals surface area contributed by atoms with Gasteiger partial charge in [-0.15, -0.1) is 24.2 Å². The molecule has 0 unspecified atom stereocenters. The number of methoxy groups -OCH3 is 1. The summed E-state index contributed by atoms with van der Waals surface area (Å²) >= 11 is 3.28. The van der Waals surface area contributed by atoms with Crippen molar-refractivity contribution in [1.82, 2.24) is 9.88 Å². The number of thiazole rings is 1. The second-order valence-corrected chi connectivity index (χ2v) is 8.87. The molecule has 156 valence electrons. The summed E-state index contributed by atoms with van der Waals surface area (Å²) in [6.07, 6.45) is 0. The van der Waals surface area contributed by atoms with Gasteiger partial charge in [0, 0.05) is 23.5 Å². The maximum absolute atomic E-state index is 13.3. The zero-order valence-electron chi connectivity index (χ0n) is 17.0. The number of nitrogens with zero attached hydrogens (tertiary/aromatic N) is 3. The monoisotopic (exact) mass is 451 g/mol. The molecule has 5 nitrogen and oxygen atoms in total. The van der Waals surface area contributed by atoms with E-state index in [0.29, 0.717) is 17.2 Å². The smallest absolute Gasteiger partial charge is 0.260 e. The Morgan fingerprint density at radius 3 is 2.48 bits per heavy atom. The highest BCUT2D eigenvalue weighted by Gasteiger charge is 2.22. The minimum Gasteiger partial charge on any atom is -0.494 e. The minimum atomic E-state index is -0.0343. The summed E-state index contributed by atoms with van der Waals surface area (Å²) in [6, 6.07) is 13.7. The molecule has 3 rings (SSSR count). The van der Waals surface area contributed by atoms with E-state index < -0.39 is 0 Å². The molecule has 0 saturated heterocycles. The average molecular weight is 452 g/mol. The Kier molecular flexibility index (Phi) is 8.77. The van der Waals surface area contributed by atoms with E-state index in [1.54, 1.807) is 23.8 Å². The number of amides is 1. The lowest BCUT2D eigenvalue weighted by Gasteiger charge is -2.22. The molecule has 0 aliphatic heterocycles. The van der Waals surface area contributed by atoms with Crippen LogP contribution in [0.3, 0.4) is 0 Å². The second-order valence-electron chi connectivity index (χ2n) is 6.52. The largest absolute Gasteiger partial charge is 0.494 e. The van der Waals surface area contributed by atoms with E-state index in [1.807, 2.05) is 56.6 Å². The summed E-state index contributed by atoms with van der Waals surface area (Å²) in [4.78, 5) is 23.0. The second kappa shape index (κ2) is 10.8. The number of carbonyl (C=O) groups is 1. The van der Waals surface area contributed by atoms with Crippen LogP contribution in [0.4, 0.5) is 5.13 Å². The highest BCUT2D eigenvalue weighted by molar-refractivity contribution is 7.99. The third-order valence-corrected chi connectivity index (χ3v) is 6.19. The highest BCUT2D eigenvalue weighted by Crippen LogP contribution is 2.34. The first-order chi connectivity index (χ1) is 13.5. The van der Waals surface area contributed by atoms with Crippen molar-refractivity contribution in [3.63, 3.8) is 0 Å². The van der Waals surface area contributed by atoms with Gasteiger partial charge in [-0.05, 0) is 56.2 Å². The first-order valence-corrected chi connectivity index (χ1v) is 11.0. The number of rotatable bonds is 8. The van der Waals surface area contributed by atoms with Crippen LogP contribution >= 0.6 is 35.5 Å². The Bertz CT molecular complexity index is 945. The molecule has 29 heavy (non-hydrogen) atoms. The Balaban J connectivity index is 0.00000300. The van der Waals surface area contributed by atoms with Crippen LogP contribution in [0.15, 0.2) is 47.4 Å². The van der Waals surface area contributed by atoms with Crippen LogP contribution in [-0.2, 0) is 0 Å². The quantitative estimate of drug-likeness (QED) is 0.448. The van der Waals surface area contributed by atoms with Crippen molar-refractivity contribution in [2.75, 3.05) is 44.9 Å². The third-order valence-electron chi connectivity index (χ3n) is 4.25. The Hall–Kier alpha value is -1.80. The van der Waals surface area contributed by atoms with Crippen molar-refractivity contribution in [2.24, 2.45) is 0 Å². The minimum absolute atomic E-state index is 0. The Morgan fingerprint density at radius 2 is 1.86 bits per heavy atom. The van der Waals surface area contributed by atoms with Crippen LogP contribution < -0.4 is 9.64 Å². The summed E-state index contributed by atoms with van der Waals surface area (Å²) in [6.45, 7) is 3.44. The van der Waals surface area contributed by atoms with Gasteiger partial charge in [-0.2, -0.15) is 0 Å². The maximum Gasteiger partial charge on any atom is 0.260 e. The van der Waals surface area contributed by atoms with Crippen molar-refractivity contribution in [2.45, 2.75) is 11.8 Å². The average Bonchev–Trinajstić information content (AvgIpc) is 3.12. The molecule has 1 amide bonds. The van der Waals surface area contributed by atoms with E-state index in [-0.39, 0.29) is 18.3 Å². The number of hydrogen-bond donors (Lipinski definition) is 0. The standard InChI is InChI=1S/C21H25N3O2S2.ClH/c1-5-27-16-11-9-15(10-12-16)20(25)24(14-13-23(2)3)21-22-19-17(26-4)7-6-8-18(19)28-21;/h6-12H,5,13-14H2,1-4H3;1H. The van der Waals surface area contributed by atoms with E-state index in [1.165, 1.54) is 16.2 Å². The molecule has 0 N–H and O–H groups in total. The summed E-state index contributed by atoms with van der Waals surface area (Å²) < 4.78 is 6.44. The number of benzene rings is 2. The van der Waals surface area contributed by atoms with E-state index in [9.17, 15) is 4.79 Å². The van der Waals surface area contributed by atoms with E-state index >= 15 is 0 Å². The van der Waals surface area contributed by atoms with Gasteiger partial charge in [0.1, 0.15) is 11.3 Å². The SMILES string of the molecule is CCSc1ccc(C(=O)N(CCN(C)C)c2nc3c(OC)cccc3s2)cc1.Cl. The predicted molar refractivity (Wildman–Crippen MR) is 126 cm³/mol. The fraction of sp³-hybridized carbons (Fsp3) is 0.333. The molecule has 0 saturated carbocycles. The number of fused-ring (bicyclic) bond motifs is 1. The van der Waals surface area contributed by atoms with Gasteiger partial charge in [0.2, 0.25) is 0 Å². The molecule has 0 bridgehead atoms. The molecule has 0 atom stereocenters. The lowest BCUT2D eigenvalue weighted by molar-refractivity contribution is 0.0985. The van der Waals surface area contributed by atoms with Gasteiger partial charge in [-0.3, -0.25) is 9.69 Å². The van der Waals surface area contributed by atoms with Crippen molar-refractivity contribution in [3.8, 4) is 5.75 Å². The van der Waals surface area contributed by atoms with Crippen LogP contribution in [0.2, 0.25) is 0 Å². The number of para-hydroxylation sites is 1. The van der Waals surface area contributed by atoms with Crippen LogP contribution in [0.5, 0.6) is 5.75 Å². The number of thioether (sulfide) groups is 1. The molecule has 3 aromatic rings. The van der Waals surface area contributed by atoms with Crippen LogP contribution in [-0.4, -0.2) is 55.8 Å². The van der Waals surface area contributed by atoms with Crippen molar-refractivity contribution in [3.05, 3.63) is 48.0 Å². The van der Waals surface area contributed by atoms with E-state index in [0.717, 1.165) is 28.3 Å². The molecule has 0 radical (unpaired) electrons. The molecule has 0 fully saturated rings. The molecule has 1 aromatic heterocycles. The molecular weight excluding hydrogens is 426 g/mol. The molecule has 1 heterocycles. The highest BCUT2D eigenvalue weighted by atomic mass is 35.5. The zero-order valence-corrected chi connectivity index (χ0v) is 19.5. The van der Waals surface area contributed by atoms with Gasteiger partial charge in [-0.25, -0.2) is 4.98 Å². The van der Waals surface area contributed by atoms with Crippen molar-refractivity contribution in [1.29, 1.82) is 0 Å². The van der Waals surface area contributed by atoms with Crippen molar-refractivity contribution < 1.29 is 9.53 Å². The van der Waals surface area contributed by atoms with Crippen molar-refractivity contribution >= 4 is 56.8 Å². The number of ether oxygens (including phenoxy) is 1. The Labute approximate surface area is 186 Å². The molecule has 0 aliphatic rings. The lowest BCUT2D eigenvalue weighted by Crippen LogP contribution is -2.36. The van der Waals surface area contributed by atoms with Gasteiger partial charge < -0.3 is 9.64 Å². The normalized spacial score (nSPS) is 10.8. The van der Waals surface area contributed by atoms with Gasteiger partial charge in [-0.1, -0.05) is 24.3 Å². The summed E-state index contributed by atoms with van der Waals surface area (Å²) in [7, 11) is 5.64. The molecule has 2 aromatic carbocycles. The van der Waals surface area contributed by atoms with Gasteiger partial charge in [0.15, 0.2) is 5.13 Å². The van der Waals surface area contributed by atoms with E-state index in [2.05, 4.69) is 11.8 Å². The number of hydrogen-bond acceptors (Lipinski definition) is 6. The fourth-order valence-electron chi connectivity index (χ4n) is 2.79. The number of carbonyl (C=O) groups excluding carboxylic acids is 1. The number of anilines is 1. The van der Waals surface area contributed by atoms with Gasteiger partial charge in [0.25, 0.3) is 5.91 Å². The number of likely N-dealkylation sites (N-methyl/N-ethyl adjacent to an activating group) is 1. The zero-order chi connectivity index (χ0) is 20.1. The first-order valence-electron chi connectivity index (χ1n) is 9.16. The molecular formula is C21H26ClN3O2S2. The summed E-state index contributed by atoms with van der Waals surface area (Å²) in [5, 5.41) is 0.693. The molecule has 8 heteroatoms.